The minimum absolute atomic E-state index is 0.121. The van der Waals surface area contributed by atoms with E-state index in [-0.39, 0.29) is 24.4 Å². The second-order valence-corrected chi connectivity index (χ2v) is 9.09. The van der Waals surface area contributed by atoms with E-state index < -0.39 is 11.7 Å². The lowest BCUT2D eigenvalue weighted by Gasteiger charge is -2.14. The topological polar surface area (TPSA) is 72.9 Å². The van der Waals surface area contributed by atoms with E-state index in [0.717, 1.165) is 17.1 Å². The second-order valence-electron chi connectivity index (χ2n) is 8.66. The van der Waals surface area contributed by atoms with Crippen LogP contribution in [0, 0.1) is 5.82 Å². The lowest BCUT2D eigenvalue weighted by Crippen LogP contribution is -2.28. The smallest absolute Gasteiger partial charge is 0.227 e. The second kappa shape index (κ2) is 9.20. The highest BCUT2D eigenvalue weighted by Crippen LogP contribution is 2.25. The van der Waals surface area contributed by atoms with Gasteiger partial charge in [0.1, 0.15) is 5.82 Å². The van der Waals surface area contributed by atoms with Crippen molar-refractivity contribution in [2.75, 3.05) is 0 Å². The molecule has 0 bridgehead atoms. The summed E-state index contributed by atoms with van der Waals surface area (Å²) in [5.74, 6) is -1.10. The molecule has 0 spiro atoms. The molecule has 0 aliphatic heterocycles. The zero-order valence-corrected chi connectivity index (χ0v) is 19.0. The maximum absolute atomic E-state index is 14.1. The number of halogens is 2. The van der Waals surface area contributed by atoms with E-state index in [0.29, 0.717) is 16.1 Å². The highest BCUT2D eigenvalue weighted by Gasteiger charge is 2.22. The molecular weight excluding hydrogens is 415 g/mol. The highest BCUT2D eigenvalue weighted by molar-refractivity contribution is 6.30. The number of rotatable bonds is 6. The largest absolute Gasteiger partial charge is 0.350 e. The van der Waals surface area contributed by atoms with Gasteiger partial charge in [-0.1, -0.05) is 50.6 Å². The van der Waals surface area contributed by atoms with Crippen LogP contribution in [0.15, 0.2) is 48.5 Å². The monoisotopic (exact) mass is 442 g/mol. The average molecular weight is 443 g/mol. The summed E-state index contributed by atoms with van der Waals surface area (Å²) < 4.78 is 15.9. The Morgan fingerprint density at radius 3 is 2.58 bits per heavy atom. The van der Waals surface area contributed by atoms with Crippen LogP contribution in [0.25, 0.3) is 5.69 Å². The number of benzene rings is 2. The van der Waals surface area contributed by atoms with Crippen LogP contribution < -0.4 is 11.1 Å². The van der Waals surface area contributed by atoms with Crippen molar-refractivity contribution in [3.05, 3.63) is 81.9 Å². The molecule has 2 aromatic carbocycles. The van der Waals surface area contributed by atoms with E-state index in [1.54, 1.807) is 29.8 Å². The Bertz CT molecular complexity index is 1090. The quantitative estimate of drug-likeness (QED) is 0.573. The number of nitrogens with one attached hydrogen (secondary N) is 1. The van der Waals surface area contributed by atoms with Gasteiger partial charge in [0.05, 0.1) is 29.5 Å². The summed E-state index contributed by atoms with van der Waals surface area (Å²) in [6.07, 6.45) is 0. The van der Waals surface area contributed by atoms with Gasteiger partial charge in [-0.2, -0.15) is 5.10 Å². The lowest BCUT2D eigenvalue weighted by molar-refractivity contribution is -0.122. The van der Waals surface area contributed by atoms with E-state index in [2.05, 4.69) is 26.1 Å². The van der Waals surface area contributed by atoms with Crippen LogP contribution in [0.4, 0.5) is 4.39 Å². The summed E-state index contributed by atoms with van der Waals surface area (Å²) in [7, 11) is 0. The van der Waals surface area contributed by atoms with Gasteiger partial charge in [0.25, 0.3) is 0 Å². The van der Waals surface area contributed by atoms with Crippen molar-refractivity contribution < 1.29 is 9.18 Å². The van der Waals surface area contributed by atoms with Crippen LogP contribution >= 0.6 is 11.6 Å². The van der Waals surface area contributed by atoms with E-state index in [9.17, 15) is 9.18 Å². The van der Waals surface area contributed by atoms with Gasteiger partial charge in [-0.05, 0) is 42.8 Å². The molecule has 3 rings (SSSR count). The Kier molecular flexibility index (Phi) is 6.82. The summed E-state index contributed by atoms with van der Waals surface area (Å²) in [6, 6.07) is 14.1. The molecular formula is C24H28ClFN4O. The number of aromatic nitrogens is 2. The van der Waals surface area contributed by atoms with Crippen molar-refractivity contribution in [3.8, 4) is 5.69 Å². The van der Waals surface area contributed by atoms with Crippen molar-refractivity contribution in [2.24, 2.45) is 5.73 Å². The lowest BCUT2D eigenvalue weighted by atomic mass is 9.92. The molecule has 0 aliphatic rings. The molecule has 1 amide bonds. The molecule has 0 saturated carbocycles. The molecule has 7 heteroatoms. The van der Waals surface area contributed by atoms with Crippen molar-refractivity contribution in [3.63, 3.8) is 0 Å². The summed E-state index contributed by atoms with van der Waals surface area (Å²) in [5.41, 5.74) is 8.95. The van der Waals surface area contributed by atoms with Gasteiger partial charge in [-0.3, -0.25) is 4.79 Å². The maximum Gasteiger partial charge on any atom is 0.227 e. The van der Waals surface area contributed by atoms with E-state index >= 15 is 0 Å². The summed E-state index contributed by atoms with van der Waals surface area (Å²) in [6.45, 7) is 8.41. The predicted octanol–water partition coefficient (Wildman–Crippen LogP) is 4.84. The average Bonchev–Trinajstić information content (AvgIpc) is 3.16. The minimum atomic E-state index is -0.508. The van der Waals surface area contributed by atoms with Crippen LogP contribution in [0.3, 0.4) is 0 Å². The standard InChI is InChI=1S/C24H28ClFN4O/c1-15(16-8-9-17(13-27)21(26)10-16)23(31)28-14-20-12-22(24(2,3)4)29-30(20)19-7-5-6-18(25)11-19/h5-12,15H,13-14,27H2,1-4H3,(H,28,31). The van der Waals surface area contributed by atoms with Crippen LogP contribution in [0.1, 0.15) is 56.1 Å². The van der Waals surface area contributed by atoms with Crippen molar-refractivity contribution >= 4 is 17.5 Å². The van der Waals surface area contributed by atoms with Crippen molar-refractivity contribution in [1.29, 1.82) is 0 Å². The minimum Gasteiger partial charge on any atom is -0.350 e. The molecule has 0 radical (unpaired) electrons. The van der Waals surface area contributed by atoms with Crippen molar-refractivity contribution in [1.82, 2.24) is 15.1 Å². The molecule has 1 atom stereocenters. The molecule has 3 N–H and O–H groups in total. The van der Waals surface area contributed by atoms with Crippen LogP contribution in [-0.2, 0) is 23.3 Å². The third-order valence-corrected chi connectivity index (χ3v) is 5.47. The van der Waals surface area contributed by atoms with E-state index in [1.165, 1.54) is 6.07 Å². The van der Waals surface area contributed by atoms with E-state index in [4.69, 9.17) is 22.4 Å². The Morgan fingerprint density at radius 2 is 1.97 bits per heavy atom. The van der Waals surface area contributed by atoms with Crippen molar-refractivity contribution in [2.45, 2.75) is 52.1 Å². The zero-order valence-electron chi connectivity index (χ0n) is 18.2. The molecule has 1 aromatic heterocycles. The van der Waals surface area contributed by atoms with Gasteiger partial charge in [-0.15, -0.1) is 0 Å². The Labute approximate surface area is 187 Å². The van der Waals surface area contributed by atoms with Gasteiger partial charge in [-0.25, -0.2) is 9.07 Å². The highest BCUT2D eigenvalue weighted by atomic mass is 35.5. The maximum atomic E-state index is 14.1. The van der Waals surface area contributed by atoms with Gasteiger partial charge >= 0.3 is 0 Å². The molecule has 164 valence electrons. The molecule has 0 saturated heterocycles. The molecule has 1 heterocycles. The molecule has 1 unspecified atom stereocenters. The number of hydrogen-bond acceptors (Lipinski definition) is 3. The van der Waals surface area contributed by atoms with Crippen LogP contribution in [0.2, 0.25) is 5.02 Å². The number of amides is 1. The third kappa shape index (κ3) is 5.32. The Balaban J connectivity index is 1.82. The number of nitrogens with zero attached hydrogens (tertiary/aromatic N) is 2. The molecule has 31 heavy (non-hydrogen) atoms. The fourth-order valence-electron chi connectivity index (χ4n) is 3.22. The fraction of sp³-hybridized carbons (Fsp3) is 0.333. The summed E-state index contributed by atoms with van der Waals surface area (Å²) in [5, 5.41) is 8.31. The summed E-state index contributed by atoms with van der Waals surface area (Å²) in [4.78, 5) is 12.8. The first-order valence-corrected chi connectivity index (χ1v) is 10.6. The Hall–Kier alpha value is -2.70. The first kappa shape index (κ1) is 23.0. The van der Waals surface area contributed by atoms with Gasteiger partial charge in [0.2, 0.25) is 5.91 Å². The molecule has 0 aliphatic carbocycles. The molecule has 5 nitrogen and oxygen atoms in total. The number of nitrogens with two attached hydrogens (primary N) is 1. The summed E-state index contributed by atoms with van der Waals surface area (Å²) >= 11 is 6.17. The number of carbonyl (C=O) groups excluding carboxylic acids is 1. The first-order chi connectivity index (χ1) is 14.6. The van der Waals surface area contributed by atoms with Gasteiger partial charge < -0.3 is 11.1 Å². The van der Waals surface area contributed by atoms with Crippen LogP contribution in [-0.4, -0.2) is 15.7 Å². The molecule has 0 fully saturated rings. The predicted molar refractivity (Wildman–Crippen MR) is 122 cm³/mol. The fourth-order valence-corrected chi connectivity index (χ4v) is 3.41. The van der Waals surface area contributed by atoms with Gasteiger partial charge in [0, 0.05) is 22.5 Å². The Morgan fingerprint density at radius 1 is 1.23 bits per heavy atom. The zero-order chi connectivity index (χ0) is 22.8. The van der Waals surface area contributed by atoms with Gasteiger partial charge in [0.15, 0.2) is 0 Å². The number of hydrogen-bond donors (Lipinski definition) is 2. The number of carbonyl (C=O) groups is 1. The first-order valence-electron chi connectivity index (χ1n) is 10.2. The SMILES string of the molecule is CC(C(=O)NCc1cc(C(C)(C)C)nn1-c1cccc(Cl)c1)c1ccc(CN)c(F)c1. The van der Waals surface area contributed by atoms with E-state index in [1.807, 2.05) is 24.3 Å². The molecule has 3 aromatic rings. The van der Waals surface area contributed by atoms with Crippen LogP contribution in [0.5, 0.6) is 0 Å². The third-order valence-electron chi connectivity index (χ3n) is 5.24. The normalized spacial score (nSPS) is 12.6.